The Kier molecular flexibility index (Phi) is 67.4. The average molecular weight is 1120 g/mol. The molecule has 0 aliphatic rings. The summed E-state index contributed by atoms with van der Waals surface area (Å²) in [5.41, 5.74) is 0. The summed E-state index contributed by atoms with van der Waals surface area (Å²) in [7, 11) is 0. The number of unbranched alkanes of at least 4 members (excludes halogenated alkanes) is 50. The Balaban J connectivity index is 3.41. The van der Waals surface area contributed by atoms with Gasteiger partial charge in [-0.3, -0.25) is 9.59 Å². The molecule has 0 aliphatic heterocycles. The number of carbonyl (C=O) groups excluding carboxylic acids is 2. The number of hydrogen-bond acceptors (Lipinski definition) is 5. The van der Waals surface area contributed by atoms with Crippen molar-refractivity contribution in [1.82, 2.24) is 5.32 Å². The van der Waals surface area contributed by atoms with E-state index in [0.717, 1.165) is 51.4 Å². The second-order valence-corrected chi connectivity index (χ2v) is 24.6. The molecule has 3 N–H and O–H groups in total. The Hall–Kier alpha value is -2.18. The van der Waals surface area contributed by atoms with Crippen LogP contribution >= 0.6 is 0 Å². The first-order valence-electron chi connectivity index (χ1n) is 35.9. The van der Waals surface area contributed by atoms with Crippen molar-refractivity contribution in [2.45, 2.75) is 398 Å². The van der Waals surface area contributed by atoms with Crippen LogP contribution in [0.4, 0.5) is 0 Å². The van der Waals surface area contributed by atoms with E-state index >= 15 is 0 Å². The number of carbonyl (C=O) groups is 2. The molecule has 0 radical (unpaired) electrons. The van der Waals surface area contributed by atoms with Crippen LogP contribution in [0.3, 0.4) is 0 Å². The summed E-state index contributed by atoms with van der Waals surface area (Å²) in [5.74, 6) is -0.0581. The molecular weight excluding hydrogens is 983 g/mol. The number of esters is 1. The number of ether oxygens (including phenoxy) is 1. The number of amides is 1. The van der Waals surface area contributed by atoms with Crippen molar-refractivity contribution in [3.05, 3.63) is 48.6 Å². The Morgan fingerprint density at radius 2 is 0.625 bits per heavy atom. The number of hydrogen-bond donors (Lipinski definition) is 3. The number of rotatable bonds is 67. The van der Waals surface area contributed by atoms with Gasteiger partial charge in [-0.05, 0) is 89.9 Å². The van der Waals surface area contributed by atoms with Crippen molar-refractivity contribution >= 4 is 11.9 Å². The maximum atomic E-state index is 12.5. The van der Waals surface area contributed by atoms with Crippen LogP contribution < -0.4 is 5.32 Å². The molecule has 470 valence electrons. The van der Waals surface area contributed by atoms with E-state index in [1.54, 1.807) is 6.08 Å². The Morgan fingerprint density at radius 1 is 0.350 bits per heavy atom. The molecule has 1 amide bonds. The highest BCUT2D eigenvalue weighted by atomic mass is 16.5. The van der Waals surface area contributed by atoms with Gasteiger partial charge in [0.2, 0.25) is 5.91 Å². The van der Waals surface area contributed by atoms with Gasteiger partial charge < -0.3 is 20.3 Å². The Morgan fingerprint density at radius 3 is 0.963 bits per heavy atom. The average Bonchev–Trinajstić information content (AvgIpc) is 3.46. The van der Waals surface area contributed by atoms with Gasteiger partial charge in [-0.15, -0.1) is 0 Å². The second kappa shape index (κ2) is 69.3. The molecule has 80 heavy (non-hydrogen) atoms. The maximum Gasteiger partial charge on any atom is 0.305 e. The highest BCUT2D eigenvalue weighted by Gasteiger charge is 2.18. The zero-order valence-electron chi connectivity index (χ0n) is 53.8. The first kappa shape index (κ1) is 77.8. The van der Waals surface area contributed by atoms with Gasteiger partial charge in [0.1, 0.15) is 0 Å². The van der Waals surface area contributed by atoms with Crippen molar-refractivity contribution in [2.75, 3.05) is 13.2 Å². The minimum atomic E-state index is -0.846. The molecule has 0 aromatic rings. The van der Waals surface area contributed by atoms with Crippen LogP contribution in [-0.4, -0.2) is 47.4 Å². The van der Waals surface area contributed by atoms with E-state index in [9.17, 15) is 19.8 Å². The number of aliphatic hydroxyl groups is 2. The van der Waals surface area contributed by atoms with Crippen molar-refractivity contribution in [3.8, 4) is 0 Å². The first-order chi connectivity index (χ1) is 39.5. The summed E-state index contributed by atoms with van der Waals surface area (Å²) < 4.78 is 5.50. The van der Waals surface area contributed by atoms with Crippen LogP contribution in [0.5, 0.6) is 0 Å². The van der Waals surface area contributed by atoms with E-state index in [1.165, 1.54) is 308 Å². The van der Waals surface area contributed by atoms with Crippen LogP contribution in [0, 0.1) is 0 Å². The lowest BCUT2D eigenvalue weighted by atomic mass is 10.0. The first-order valence-corrected chi connectivity index (χ1v) is 35.9. The van der Waals surface area contributed by atoms with Crippen molar-refractivity contribution < 1.29 is 24.5 Å². The number of allylic oxidation sites excluding steroid dienone is 7. The molecule has 0 spiro atoms. The minimum absolute atomic E-state index is 0.00899. The summed E-state index contributed by atoms with van der Waals surface area (Å²) in [6, 6.07) is -0.629. The van der Waals surface area contributed by atoms with E-state index in [0.29, 0.717) is 19.4 Å². The standard InChI is InChI=1S/C74H139NO5/c1-3-5-7-9-11-13-15-17-19-21-36-40-44-48-52-56-60-64-68-74(79)80-69-65-61-57-53-49-45-41-37-34-32-30-28-26-24-22-23-25-27-29-31-33-35-39-43-47-51-55-59-63-67-73(78)75-71(70-76)72(77)66-62-58-54-50-46-42-38-20-18-16-14-12-10-8-6-4-2/h19,21-22,24,28,30,62,66,71-72,76-77H,3-18,20,23,25-27,29,31-61,63-65,67-70H2,1-2H3,(H,75,78)/b21-19-,24-22-,30-28-,66-62+. The molecule has 0 aromatic carbocycles. The van der Waals surface area contributed by atoms with Crippen LogP contribution in [0.1, 0.15) is 386 Å². The molecule has 0 rings (SSSR count). The summed E-state index contributed by atoms with van der Waals surface area (Å²) in [4.78, 5) is 24.6. The predicted octanol–water partition coefficient (Wildman–Crippen LogP) is 23.3. The summed E-state index contributed by atoms with van der Waals surface area (Å²) in [6.45, 7) is 4.92. The summed E-state index contributed by atoms with van der Waals surface area (Å²) >= 11 is 0. The van der Waals surface area contributed by atoms with Gasteiger partial charge in [-0.25, -0.2) is 0 Å². The fraction of sp³-hybridized carbons (Fsp3) is 0.865. The Bertz CT molecular complexity index is 1340. The fourth-order valence-electron chi connectivity index (χ4n) is 11.1. The van der Waals surface area contributed by atoms with Gasteiger partial charge in [-0.1, -0.05) is 332 Å². The van der Waals surface area contributed by atoms with Crippen LogP contribution in [-0.2, 0) is 14.3 Å². The molecular formula is C74H139NO5. The third-order valence-corrected chi connectivity index (χ3v) is 16.6. The quantitative estimate of drug-likeness (QED) is 0.0320. The van der Waals surface area contributed by atoms with Crippen LogP contribution in [0.25, 0.3) is 0 Å². The van der Waals surface area contributed by atoms with Gasteiger partial charge >= 0.3 is 5.97 Å². The molecule has 6 heteroatoms. The van der Waals surface area contributed by atoms with Gasteiger partial charge in [0.05, 0.1) is 25.4 Å². The zero-order chi connectivity index (χ0) is 57.8. The van der Waals surface area contributed by atoms with Crippen molar-refractivity contribution in [2.24, 2.45) is 0 Å². The molecule has 6 nitrogen and oxygen atoms in total. The summed E-state index contributed by atoms with van der Waals surface area (Å²) in [5, 5.41) is 23.2. The highest BCUT2D eigenvalue weighted by molar-refractivity contribution is 5.76. The van der Waals surface area contributed by atoms with E-state index in [-0.39, 0.29) is 18.5 Å². The number of nitrogens with one attached hydrogen (secondary N) is 1. The molecule has 0 aromatic heterocycles. The molecule has 2 unspecified atom stereocenters. The third-order valence-electron chi connectivity index (χ3n) is 16.6. The van der Waals surface area contributed by atoms with E-state index in [2.05, 4.69) is 55.6 Å². The Labute approximate surface area is 499 Å². The second-order valence-electron chi connectivity index (χ2n) is 24.6. The van der Waals surface area contributed by atoms with Crippen LogP contribution in [0.2, 0.25) is 0 Å². The maximum absolute atomic E-state index is 12.5. The predicted molar refractivity (Wildman–Crippen MR) is 352 cm³/mol. The smallest absolute Gasteiger partial charge is 0.305 e. The SMILES string of the molecule is CCCCCCCCC/C=C\CCCCCCCCCC(=O)OCCCCCCCCCCC/C=C\C/C=C\CCCCCCCCCCCCCCCC(=O)NC(CO)C(O)/C=C/CCCCCCCCCCCCCCCC. The van der Waals surface area contributed by atoms with Gasteiger partial charge in [0, 0.05) is 12.8 Å². The third kappa shape index (κ3) is 65.0. The highest BCUT2D eigenvalue weighted by Crippen LogP contribution is 2.18. The van der Waals surface area contributed by atoms with Crippen LogP contribution in [0.15, 0.2) is 48.6 Å². The largest absolute Gasteiger partial charge is 0.466 e. The monoisotopic (exact) mass is 1120 g/mol. The zero-order valence-corrected chi connectivity index (χ0v) is 53.8. The molecule has 0 saturated carbocycles. The molecule has 0 bridgehead atoms. The van der Waals surface area contributed by atoms with Crippen molar-refractivity contribution in [1.29, 1.82) is 0 Å². The molecule has 0 saturated heterocycles. The van der Waals surface area contributed by atoms with Gasteiger partial charge in [-0.2, -0.15) is 0 Å². The number of aliphatic hydroxyl groups excluding tert-OH is 2. The lowest BCUT2D eigenvalue weighted by Crippen LogP contribution is -2.45. The minimum Gasteiger partial charge on any atom is -0.466 e. The molecule has 0 heterocycles. The molecule has 2 atom stereocenters. The summed E-state index contributed by atoms with van der Waals surface area (Å²) in [6.07, 6.45) is 90.5. The lowest BCUT2D eigenvalue weighted by Gasteiger charge is -2.20. The normalized spacial score (nSPS) is 12.8. The van der Waals surface area contributed by atoms with Gasteiger partial charge in [0.25, 0.3) is 0 Å². The van der Waals surface area contributed by atoms with Crippen molar-refractivity contribution in [3.63, 3.8) is 0 Å². The van der Waals surface area contributed by atoms with E-state index in [4.69, 9.17) is 4.74 Å². The fourth-order valence-corrected chi connectivity index (χ4v) is 11.1. The van der Waals surface area contributed by atoms with E-state index in [1.807, 2.05) is 6.08 Å². The van der Waals surface area contributed by atoms with E-state index < -0.39 is 12.1 Å². The lowest BCUT2D eigenvalue weighted by molar-refractivity contribution is -0.143. The molecule has 0 aliphatic carbocycles. The topological polar surface area (TPSA) is 95.9 Å². The molecule has 0 fully saturated rings. The van der Waals surface area contributed by atoms with Gasteiger partial charge in [0.15, 0.2) is 0 Å².